The number of carbonyl (C=O) groups excluding carboxylic acids is 1. The van der Waals surface area contributed by atoms with Crippen LogP contribution in [0.1, 0.15) is 23.2 Å². The second-order valence-corrected chi connectivity index (χ2v) is 4.53. The summed E-state index contributed by atoms with van der Waals surface area (Å²) >= 11 is 3.13. The number of rotatable bonds is 6. The first kappa shape index (κ1) is 15.1. The van der Waals surface area contributed by atoms with Crippen LogP contribution in [0.15, 0.2) is 22.7 Å². The van der Waals surface area contributed by atoms with Gasteiger partial charge in [-0.2, -0.15) is 0 Å². The van der Waals surface area contributed by atoms with Crippen molar-refractivity contribution in [2.75, 3.05) is 6.54 Å². The van der Waals surface area contributed by atoms with E-state index in [9.17, 15) is 19.7 Å². The fourth-order valence-electron chi connectivity index (χ4n) is 1.34. The predicted octanol–water partition coefficient (Wildman–Crippen LogP) is 1.95. The first-order valence-corrected chi connectivity index (χ1v) is 6.15. The third kappa shape index (κ3) is 4.66. The van der Waals surface area contributed by atoms with Crippen LogP contribution in [0.25, 0.3) is 0 Å². The molecule has 19 heavy (non-hydrogen) atoms. The fraction of sp³-hybridized carbons (Fsp3) is 0.273. The Kier molecular flexibility index (Phi) is 5.43. The van der Waals surface area contributed by atoms with E-state index in [1.165, 1.54) is 12.1 Å². The minimum Gasteiger partial charge on any atom is -0.481 e. The Morgan fingerprint density at radius 1 is 1.42 bits per heavy atom. The molecule has 0 saturated heterocycles. The second kappa shape index (κ2) is 6.83. The Labute approximate surface area is 116 Å². The lowest BCUT2D eigenvalue weighted by Crippen LogP contribution is -2.25. The van der Waals surface area contributed by atoms with E-state index >= 15 is 0 Å². The first-order chi connectivity index (χ1) is 8.91. The summed E-state index contributed by atoms with van der Waals surface area (Å²) in [6.07, 6.45) is 0.254. The van der Waals surface area contributed by atoms with E-state index in [0.717, 1.165) is 6.07 Å². The van der Waals surface area contributed by atoms with Gasteiger partial charge in [-0.05, 0) is 28.4 Å². The Bertz CT molecular complexity index is 518. The van der Waals surface area contributed by atoms with Crippen molar-refractivity contribution >= 4 is 33.5 Å². The number of nitrogens with one attached hydrogen (secondary N) is 1. The van der Waals surface area contributed by atoms with Crippen molar-refractivity contribution in [3.63, 3.8) is 0 Å². The lowest BCUT2D eigenvalue weighted by molar-refractivity contribution is -0.384. The number of carbonyl (C=O) groups is 2. The smallest absolute Gasteiger partial charge is 0.303 e. The Morgan fingerprint density at radius 3 is 2.68 bits per heavy atom. The zero-order chi connectivity index (χ0) is 14.4. The molecule has 8 heteroatoms. The van der Waals surface area contributed by atoms with Gasteiger partial charge < -0.3 is 10.4 Å². The lowest BCUT2D eigenvalue weighted by atomic mass is 10.2. The van der Waals surface area contributed by atoms with Crippen LogP contribution in [0.3, 0.4) is 0 Å². The standard InChI is InChI=1S/C11H11BrN2O5/c12-9-4-3-7(14(18)19)6-8(9)11(17)13-5-1-2-10(15)16/h3-4,6H,1-2,5H2,(H,13,17)(H,15,16). The SMILES string of the molecule is O=C(O)CCCNC(=O)c1cc([N+](=O)[O-])ccc1Br. The van der Waals surface area contributed by atoms with Crippen LogP contribution >= 0.6 is 15.9 Å². The number of carboxylic acid groups (broad SMARTS) is 1. The third-order valence-electron chi connectivity index (χ3n) is 2.26. The molecule has 0 aromatic heterocycles. The molecule has 0 spiro atoms. The molecule has 0 saturated carbocycles. The van der Waals surface area contributed by atoms with Crippen molar-refractivity contribution in [2.45, 2.75) is 12.8 Å². The average molecular weight is 331 g/mol. The Hall–Kier alpha value is -1.96. The van der Waals surface area contributed by atoms with Crippen LogP contribution in [-0.4, -0.2) is 28.5 Å². The molecule has 1 aromatic rings. The number of nitro benzene ring substituents is 1. The fourth-order valence-corrected chi connectivity index (χ4v) is 1.76. The van der Waals surface area contributed by atoms with Crippen LogP contribution in [0.4, 0.5) is 5.69 Å². The number of non-ortho nitro benzene ring substituents is 1. The monoisotopic (exact) mass is 330 g/mol. The highest BCUT2D eigenvalue weighted by Crippen LogP contribution is 2.22. The van der Waals surface area contributed by atoms with Crippen molar-refractivity contribution < 1.29 is 19.6 Å². The van der Waals surface area contributed by atoms with Gasteiger partial charge in [-0.15, -0.1) is 0 Å². The van der Waals surface area contributed by atoms with Gasteiger partial charge in [-0.25, -0.2) is 0 Å². The van der Waals surface area contributed by atoms with E-state index < -0.39 is 16.8 Å². The quantitative estimate of drug-likeness (QED) is 0.470. The third-order valence-corrected chi connectivity index (χ3v) is 2.95. The van der Waals surface area contributed by atoms with Gasteiger partial charge in [0.25, 0.3) is 11.6 Å². The largest absolute Gasteiger partial charge is 0.481 e. The minimum atomic E-state index is -0.939. The van der Waals surface area contributed by atoms with E-state index in [-0.39, 0.29) is 24.2 Å². The molecular formula is C11H11BrN2O5. The number of amides is 1. The van der Waals surface area contributed by atoms with Gasteiger partial charge in [0.15, 0.2) is 0 Å². The Balaban J connectivity index is 2.68. The maximum Gasteiger partial charge on any atom is 0.303 e. The summed E-state index contributed by atoms with van der Waals surface area (Å²) in [5.74, 6) is -1.42. The number of hydrogen-bond acceptors (Lipinski definition) is 4. The number of carboxylic acids is 1. The summed E-state index contributed by atoms with van der Waals surface area (Å²) in [5, 5.41) is 21.6. The van der Waals surface area contributed by atoms with Crippen LogP contribution in [0, 0.1) is 10.1 Å². The predicted molar refractivity (Wildman–Crippen MR) is 70.0 cm³/mol. The maximum atomic E-state index is 11.8. The summed E-state index contributed by atoms with van der Waals surface area (Å²) in [4.78, 5) is 32.1. The minimum absolute atomic E-state index is 0.0453. The Morgan fingerprint density at radius 2 is 2.11 bits per heavy atom. The molecule has 1 aromatic carbocycles. The molecule has 0 heterocycles. The van der Waals surface area contributed by atoms with Crippen LogP contribution in [0.2, 0.25) is 0 Å². The molecule has 102 valence electrons. The van der Waals surface area contributed by atoms with Gasteiger partial charge in [0.2, 0.25) is 0 Å². The van der Waals surface area contributed by atoms with E-state index in [0.29, 0.717) is 10.9 Å². The van der Waals surface area contributed by atoms with Gasteiger partial charge in [-0.1, -0.05) is 0 Å². The van der Waals surface area contributed by atoms with E-state index in [1.54, 1.807) is 0 Å². The summed E-state index contributed by atoms with van der Waals surface area (Å²) < 4.78 is 0.439. The number of hydrogen-bond donors (Lipinski definition) is 2. The van der Waals surface area contributed by atoms with Crippen LogP contribution in [0.5, 0.6) is 0 Å². The molecule has 0 bridgehead atoms. The van der Waals surface area contributed by atoms with Crippen molar-refractivity contribution in [2.24, 2.45) is 0 Å². The number of aliphatic carboxylic acids is 1. The zero-order valence-corrected chi connectivity index (χ0v) is 11.3. The van der Waals surface area contributed by atoms with Gasteiger partial charge in [0.05, 0.1) is 10.5 Å². The molecule has 1 amide bonds. The summed E-state index contributed by atoms with van der Waals surface area (Å²) in [7, 11) is 0. The van der Waals surface area contributed by atoms with Gasteiger partial charge in [0.1, 0.15) is 0 Å². The molecule has 0 aliphatic rings. The number of benzene rings is 1. The highest BCUT2D eigenvalue weighted by atomic mass is 79.9. The molecule has 1 rings (SSSR count). The molecule has 2 N–H and O–H groups in total. The van der Waals surface area contributed by atoms with Crippen molar-refractivity contribution in [1.82, 2.24) is 5.32 Å². The lowest BCUT2D eigenvalue weighted by Gasteiger charge is -2.06. The molecule has 0 unspecified atom stereocenters. The summed E-state index contributed by atoms with van der Waals surface area (Å²) in [5.41, 5.74) is -0.0385. The first-order valence-electron chi connectivity index (χ1n) is 5.35. The summed E-state index contributed by atoms with van der Waals surface area (Å²) in [6, 6.07) is 3.87. The molecule has 0 aliphatic heterocycles. The van der Waals surface area contributed by atoms with Gasteiger partial charge in [-0.3, -0.25) is 19.7 Å². The number of nitrogens with zero attached hydrogens (tertiary/aromatic N) is 1. The second-order valence-electron chi connectivity index (χ2n) is 3.67. The molecule has 0 aliphatic carbocycles. The molecular weight excluding hydrogens is 320 g/mol. The van der Waals surface area contributed by atoms with Crippen molar-refractivity contribution in [1.29, 1.82) is 0 Å². The summed E-state index contributed by atoms with van der Waals surface area (Å²) in [6.45, 7) is 0.195. The van der Waals surface area contributed by atoms with Crippen LogP contribution in [-0.2, 0) is 4.79 Å². The highest BCUT2D eigenvalue weighted by Gasteiger charge is 2.15. The number of halogens is 1. The maximum absolute atomic E-state index is 11.8. The van der Waals surface area contributed by atoms with E-state index in [2.05, 4.69) is 21.2 Å². The van der Waals surface area contributed by atoms with Crippen molar-refractivity contribution in [3.8, 4) is 0 Å². The topological polar surface area (TPSA) is 110 Å². The van der Waals surface area contributed by atoms with Crippen molar-refractivity contribution in [3.05, 3.63) is 38.3 Å². The molecule has 0 atom stereocenters. The van der Waals surface area contributed by atoms with Crippen LogP contribution < -0.4 is 5.32 Å². The van der Waals surface area contributed by atoms with Gasteiger partial charge >= 0.3 is 5.97 Å². The average Bonchev–Trinajstić information content (AvgIpc) is 2.34. The zero-order valence-electron chi connectivity index (χ0n) is 9.76. The number of nitro groups is 1. The van der Waals surface area contributed by atoms with E-state index in [4.69, 9.17) is 5.11 Å². The molecule has 0 radical (unpaired) electrons. The molecule has 7 nitrogen and oxygen atoms in total. The molecule has 0 fully saturated rings. The van der Waals surface area contributed by atoms with E-state index in [1.807, 2.05) is 0 Å². The van der Waals surface area contributed by atoms with Gasteiger partial charge in [0, 0.05) is 29.6 Å². The highest BCUT2D eigenvalue weighted by molar-refractivity contribution is 9.10. The normalized spacial score (nSPS) is 9.95.